The SMILES string of the molecule is Cc1ncc(-c2cc(=O)[nH]c(NC3CCCC3)n2)c(C)n1. The number of nitrogens with one attached hydrogen (secondary N) is 2. The van der Waals surface area contributed by atoms with Crippen LogP contribution in [0.2, 0.25) is 0 Å². The molecule has 1 saturated carbocycles. The molecule has 0 bridgehead atoms. The predicted octanol–water partition coefficient (Wildman–Crippen LogP) is 2.20. The number of hydrogen-bond donors (Lipinski definition) is 2. The molecular formula is C15H19N5O. The van der Waals surface area contributed by atoms with Gasteiger partial charge in [0.25, 0.3) is 5.56 Å². The van der Waals surface area contributed by atoms with E-state index >= 15 is 0 Å². The summed E-state index contributed by atoms with van der Waals surface area (Å²) in [4.78, 5) is 27.7. The molecule has 1 aliphatic rings. The molecule has 0 unspecified atom stereocenters. The average Bonchev–Trinajstić information content (AvgIpc) is 2.90. The summed E-state index contributed by atoms with van der Waals surface area (Å²) in [5.74, 6) is 1.25. The van der Waals surface area contributed by atoms with Gasteiger partial charge in [-0.25, -0.2) is 15.0 Å². The second-order valence-corrected chi connectivity index (χ2v) is 5.52. The molecule has 2 N–H and O–H groups in total. The molecule has 2 heterocycles. The molecule has 0 saturated heterocycles. The lowest BCUT2D eigenvalue weighted by molar-refractivity contribution is 0.743. The lowest BCUT2D eigenvalue weighted by atomic mass is 10.1. The summed E-state index contributed by atoms with van der Waals surface area (Å²) in [6, 6.07) is 1.89. The maximum Gasteiger partial charge on any atom is 0.252 e. The van der Waals surface area contributed by atoms with Crippen molar-refractivity contribution in [2.45, 2.75) is 45.6 Å². The van der Waals surface area contributed by atoms with Crippen molar-refractivity contribution in [3.63, 3.8) is 0 Å². The Morgan fingerprint density at radius 1 is 1.24 bits per heavy atom. The van der Waals surface area contributed by atoms with Gasteiger partial charge in [-0.05, 0) is 26.7 Å². The minimum absolute atomic E-state index is 0.166. The Balaban J connectivity index is 1.95. The van der Waals surface area contributed by atoms with Crippen molar-refractivity contribution in [3.05, 3.63) is 34.1 Å². The molecule has 0 aliphatic heterocycles. The summed E-state index contributed by atoms with van der Waals surface area (Å²) in [6.07, 6.45) is 6.43. The molecular weight excluding hydrogens is 266 g/mol. The van der Waals surface area contributed by atoms with Crippen LogP contribution in [-0.4, -0.2) is 26.0 Å². The van der Waals surface area contributed by atoms with Crippen LogP contribution in [0, 0.1) is 13.8 Å². The lowest BCUT2D eigenvalue weighted by Gasteiger charge is -2.13. The first-order valence-electron chi connectivity index (χ1n) is 7.30. The maximum absolute atomic E-state index is 11.9. The Kier molecular flexibility index (Phi) is 3.68. The van der Waals surface area contributed by atoms with E-state index in [4.69, 9.17) is 0 Å². The number of aromatic amines is 1. The van der Waals surface area contributed by atoms with Gasteiger partial charge in [-0.3, -0.25) is 9.78 Å². The summed E-state index contributed by atoms with van der Waals surface area (Å²) in [5.41, 5.74) is 2.06. The second kappa shape index (κ2) is 5.63. The molecule has 0 atom stereocenters. The molecule has 110 valence electrons. The van der Waals surface area contributed by atoms with Crippen LogP contribution >= 0.6 is 0 Å². The summed E-state index contributed by atoms with van der Waals surface area (Å²) in [5, 5.41) is 3.32. The van der Waals surface area contributed by atoms with Gasteiger partial charge in [-0.15, -0.1) is 0 Å². The number of aromatic nitrogens is 4. The van der Waals surface area contributed by atoms with Crippen LogP contribution in [-0.2, 0) is 0 Å². The number of hydrogen-bond acceptors (Lipinski definition) is 5. The van der Waals surface area contributed by atoms with Crippen LogP contribution in [0.15, 0.2) is 17.1 Å². The van der Waals surface area contributed by atoms with Gasteiger partial charge >= 0.3 is 0 Å². The maximum atomic E-state index is 11.9. The standard InChI is InChI=1S/C15H19N5O/c1-9-12(8-16-10(2)17-9)13-7-14(21)20-15(19-13)18-11-5-3-4-6-11/h7-8,11H,3-6H2,1-2H3,(H2,18,19,20,21). The first-order chi connectivity index (χ1) is 10.1. The van der Waals surface area contributed by atoms with Crippen molar-refractivity contribution < 1.29 is 0 Å². The third kappa shape index (κ3) is 3.09. The van der Waals surface area contributed by atoms with Crippen molar-refractivity contribution in [2.75, 3.05) is 5.32 Å². The predicted molar refractivity (Wildman–Crippen MR) is 81.2 cm³/mol. The molecule has 6 heteroatoms. The van der Waals surface area contributed by atoms with Gasteiger partial charge in [0.1, 0.15) is 5.82 Å². The molecule has 0 radical (unpaired) electrons. The van der Waals surface area contributed by atoms with E-state index < -0.39 is 0 Å². The van der Waals surface area contributed by atoms with Gasteiger partial charge in [0.15, 0.2) is 0 Å². The highest BCUT2D eigenvalue weighted by Crippen LogP contribution is 2.22. The fourth-order valence-corrected chi connectivity index (χ4v) is 2.76. The van der Waals surface area contributed by atoms with Crippen molar-refractivity contribution in [3.8, 4) is 11.3 Å². The molecule has 21 heavy (non-hydrogen) atoms. The molecule has 2 aromatic heterocycles. The summed E-state index contributed by atoms with van der Waals surface area (Å²) >= 11 is 0. The number of H-pyrrole nitrogens is 1. The average molecular weight is 285 g/mol. The third-order valence-corrected chi connectivity index (χ3v) is 3.81. The highest BCUT2D eigenvalue weighted by molar-refractivity contribution is 5.61. The Morgan fingerprint density at radius 3 is 2.71 bits per heavy atom. The first kappa shape index (κ1) is 13.7. The number of aryl methyl sites for hydroxylation is 2. The van der Waals surface area contributed by atoms with Crippen LogP contribution < -0.4 is 10.9 Å². The van der Waals surface area contributed by atoms with E-state index in [9.17, 15) is 4.79 Å². The van der Waals surface area contributed by atoms with E-state index in [1.807, 2.05) is 13.8 Å². The highest BCUT2D eigenvalue weighted by atomic mass is 16.1. The number of rotatable bonds is 3. The second-order valence-electron chi connectivity index (χ2n) is 5.52. The minimum atomic E-state index is -0.166. The van der Waals surface area contributed by atoms with Crippen LogP contribution in [0.25, 0.3) is 11.3 Å². The highest BCUT2D eigenvalue weighted by Gasteiger charge is 2.16. The normalized spacial score (nSPS) is 15.3. The van der Waals surface area contributed by atoms with Gasteiger partial charge in [0.2, 0.25) is 5.95 Å². The molecule has 0 amide bonds. The summed E-state index contributed by atoms with van der Waals surface area (Å²) in [6.45, 7) is 3.74. The van der Waals surface area contributed by atoms with E-state index in [1.54, 1.807) is 6.20 Å². The van der Waals surface area contributed by atoms with Crippen molar-refractivity contribution in [1.82, 2.24) is 19.9 Å². The van der Waals surface area contributed by atoms with Crippen molar-refractivity contribution in [2.24, 2.45) is 0 Å². The minimum Gasteiger partial charge on any atom is -0.353 e. The Labute approximate surface area is 123 Å². The van der Waals surface area contributed by atoms with E-state index in [2.05, 4.69) is 25.3 Å². The van der Waals surface area contributed by atoms with Gasteiger partial charge in [-0.2, -0.15) is 0 Å². The number of nitrogens with zero attached hydrogens (tertiary/aromatic N) is 3. The fourth-order valence-electron chi connectivity index (χ4n) is 2.76. The van der Waals surface area contributed by atoms with Gasteiger partial charge in [0.05, 0.1) is 11.4 Å². The fraction of sp³-hybridized carbons (Fsp3) is 0.467. The molecule has 0 aromatic carbocycles. The van der Waals surface area contributed by atoms with E-state index in [0.717, 1.165) is 24.1 Å². The Bertz CT molecular complexity index is 703. The zero-order valence-electron chi connectivity index (χ0n) is 12.3. The number of anilines is 1. The van der Waals surface area contributed by atoms with Gasteiger partial charge in [0, 0.05) is 23.9 Å². The van der Waals surface area contributed by atoms with Gasteiger partial charge < -0.3 is 5.32 Å². The zero-order valence-corrected chi connectivity index (χ0v) is 12.3. The van der Waals surface area contributed by atoms with Crippen LogP contribution in [0.3, 0.4) is 0 Å². The summed E-state index contributed by atoms with van der Waals surface area (Å²) in [7, 11) is 0. The molecule has 3 rings (SSSR count). The third-order valence-electron chi connectivity index (χ3n) is 3.81. The first-order valence-corrected chi connectivity index (χ1v) is 7.30. The zero-order chi connectivity index (χ0) is 14.8. The molecule has 0 spiro atoms. The molecule has 1 fully saturated rings. The molecule has 1 aliphatic carbocycles. The Morgan fingerprint density at radius 2 is 2.00 bits per heavy atom. The van der Waals surface area contributed by atoms with Gasteiger partial charge in [-0.1, -0.05) is 12.8 Å². The molecule has 2 aromatic rings. The largest absolute Gasteiger partial charge is 0.353 e. The van der Waals surface area contributed by atoms with Crippen molar-refractivity contribution >= 4 is 5.95 Å². The molecule has 6 nitrogen and oxygen atoms in total. The van der Waals surface area contributed by atoms with Crippen LogP contribution in [0.1, 0.15) is 37.2 Å². The van der Waals surface area contributed by atoms with Crippen LogP contribution in [0.5, 0.6) is 0 Å². The Hall–Kier alpha value is -2.24. The van der Waals surface area contributed by atoms with E-state index in [-0.39, 0.29) is 5.56 Å². The van der Waals surface area contributed by atoms with E-state index in [0.29, 0.717) is 23.5 Å². The lowest BCUT2D eigenvalue weighted by Crippen LogP contribution is -2.20. The van der Waals surface area contributed by atoms with Crippen LogP contribution in [0.4, 0.5) is 5.95 Å². The van der Waals surface area contributed by atoms with Crippen molar-refractivity contribution in [1.29, 1.82) is 0 Å². The summed E-state index contributed by atoms with van der Waals surface area (Å²) < 4.78 is 0. The van der Waals surface area contributed by atoms with E-state index in [1.165, 1.54) is 18.9 Å². The quantitative estimate of drug-likeness (QED) is 0.903. The monoisotopic (exact) mass is 285 g/mol. The topological polar surface area (TPSA) is 83.6 Å². The smallest absolute Gasteiger partial charge is 0.252 e.